The largest absolute Gasteiger partial charge is 0.480 e. The zero-order valence-electron chi connectivity index (χ0n) is 9.52. The van der Waals surface area contributed by atoms with Gasteiger partial charge in [-0.05, 0) is 26.8 Å². The summed E-state index contributed by atoms with van der Waals surface area (Å²) in [5.74, 6) is -1.48. The van der Waals surface area contributed by atoms with Crippen molar-refractivity contribution < 1.29 is 14.7 Å². The van der Waals surface area contributed by atoms with Crippen molar-refractivity contribution in [3.8, 4) is 0 Å². The fraction of sp³-hybridized carbons (Fsp3) is 0.500. The Labute approximate surface area is 93.3 Å². The number of hydrogen-bond donors (Lipinski definition) is 2. The van der Waals surface area contributed by atoms with E-state index in [2.05, 4.69) is 10.4 Å². The first-order valence-electron chi connectivity index (χ1n) is 5.03. The van der Waals surface area contributed by atoms with E-state index in [1.54, 1.807) is 17.7 Å². The van der Waals surface area contributed by atoms with Crippen LogP contribution in [-0.2, 0) is 11.3 Å². The number of aryl methyl sites for hydroxylation is 2. The van der Waals surface area contributed by atoms with Gasteiger partial charge in [-0.3, -0.25) is 14.3 Å². The predicted octanol–water partition coefficient (Wildman–Crippen LogP) is 0.414. The number of carbonyl (C=O) groups is 2. The van der Waals surface area contributed by atoms with Crippen molar-refractivity contribution in [2.75, 3.05) is 0 Å². The van der Waals surface area contributed by atoms with Gasteiger partial charge in [0.25, 0.3) is 5.91 Å². The summed E-state index contributed by atoms with van der Waals surface area (Å²) in [7, 11) is 0. The van der Waals surface area contributed by atoms with Crippen LogP contribution in [0.2, 0.25) is 0 Å². The first-order chi connectivity index (χ1) is 7.45. The molecule has 0 aromatic carbocycles. The molecule has 16 heavy (non-hydrogen) atoms. The first-order valence-corrected chi connectivity index (χ1v) is 5.03. The zero-order valence-corrected chi connectivity index (χ0v) is 9.52. The van der Waals surface area contributed by atoms with Crippen LogP contribution in [0.4, 0.5) is 0 Å². The Bertz CT molecular complexity index is 411. The van der Waals surface area contributed by atoms with E-state index in [1.165, 1.54) is 6.92 Å². The number of aromatic nitrogens is 2. The molecule has 0 aliphatic rings. The van der Waals surface area contributed by atoms with E-state index in [-0.39, 0.29) is 0 Å². The molecule has 6 heteroatoms. The third-order valence-electron chi connectivity index (χ3n) is 2.15. The molecule has 1 rings (SSSR count). The first kappa shape index (κ1) is 12.2. The number of aliphatic carboxylic acids is 1. The lowest BCUT2D eigenvalue weighted by Crippen LogP contribution is -2.39. The van der Waals surface area contributed by atoms with Crippen molar-refractivity contribution in [1.82, 2.24) is 15.1 Å². The molecule has 0 radical (unpaired) electrons. The number of amides is 1. The van der Waals surface area contributed by atoms with Crippen LogP contribution in [0, 0.1) is 6.92 Å². The summed E-state index contributed by atoms with van der Waals surface area (Å²) >= 11 is 0. The Morgan fingerprint density at radius 1 is 1.62 bits per heavy atom. The normalized spacial score (nSPS) is 12.2. The Kier molecular flexibility index (Phi) is 3.65. The highest BCUT2D eigenvalue weighted by atomic mass is 16.4. The van der Waals surface area contributed by atoms with Gasteiger partial charge >= 0.3 is 5.97 Å². The number of rotatable bonds is 4. The maximum Gasteiger partial charge on any atom is 0.325 e. The van der Waals surface area contributed by atoms with Gasteiger partial charge in [0.1, 0.15) is 11.7 Å². The standard InChI is InChI=1S/C10H15N3O3/c1-4-13-8(5-6(2)12-13)9(14)11-7(3)10(15)16/h5,7H,4H2,1-3H3,(H,11,14)(H,15,16). The second kappa shape index (κ2) is 4.78. The number of carbonyl (C=O) groups excluding carboxylic acids is 1. The summed E-state index contributed by atoms with van der Waals surface area (Å²) in [6.45, 7) is 5.63. The minimum atomic E-state index is -1.06. The number of carboxylic acid groups (broad SMARTS) is 1. The van der Waals surface area contributed by atoms with Crippen LogP contribution in [0.25, 0.3) is 0 Å². The number of nitrogens with zero attached hydrogens (tertiary/aromatic N) is 2. The minimum absolute atomic E-state index is 0.382. The molecule has 1 unspecified atom stereocenters. The fourth-order valence-electron chi connectivity index (χ4n) is 1.30. The molecular weight excluding hydrogens is 210 g/mol. The molecule has 0 bridgehead atoms. The second-order valence-electron chi connectivity index (χ2n) is 3.52. The van der Waals surface area contributed by atoms with E-state index >= 15 is 0 Å². The molecule has 1 heterocycles. The van der Waals surface area contributed by atoms with E-state index in [9.17, 15) is 9.59 Å². The zero-order chi connectivity index (χ0) is 12.3. The molecule has 1 aromatic heterocycles. The molecule has 6 nitrogen and oxygen atoms in total. The Morgan fingerprint density at radius 2 is 2.25 bits per heavy atom. The van der Waals surface area contributed by atoms with Crippen LogP contribution in [-0.4, -0.2) is 32.8 Å². The third kappa shape index (κ3) is 2.59. The fourth-order valence-corrected chi connectivity index (χ4v) is 1.30. The highest BCUT2D eigenvalue weighted by Crippen LogP contribution is 2.04. The van der Waals surface area contributed by atoms with Crippen molar-refractivity contribution in [3.05, 3.63) is 17.5 Å². The molecule has 0 fully saturated rings. The average molecular weight is 225 g/mol. The summed E-state index contributed by atoms with van der Waals surface area (Å²) in [6, 6.07) is 0.723. The van der Waals surface area contributed by atoms with Crippen molar-refractivity contribution in [2.24, 2.45) is 0 Å². The van der Waals surface area contributed by atoms with Crippen LogP contribution in [0.5, 0.6) is 0 Å². The van der Waals surface area contributed by atoms with E-state index in [1.807, 2.05) is 6.92 Å². The Hall–Kier alpha value is -1.85. The lowest BCUT2D eigenvalue weighted by molar-refractivity contribution is -0.138. The van der Waals surface area contributed by atoms with Gasteiger partial charge in [-0.25, -0.2) is 0 Å². The van der Waals surface area contributed by atoms with E-state index in [0.717, 1.165) is 5.69 Å². The van der Waals surface area contributed by atoms with Gasteiger partial charge in [0.2, 0.25) is 0 Å². The van der Waals surface area contributed by atoms with Crippen LogP contribution >= 0.6 is 0 Å². The maximum absolute atomic E-state index is 11.7. The number of nitrogens with one attached hydrogen (secondary N) is 1. The van der Waals surface area contributed by atoms with Crippen LogP contribution in [0.15, 0.2) is 6.07 Å². The van der Waals surface area contributed by atoms with Crippen molar-refractivity contribution >= 4 is 11.9 Å². The smallest absolute Gasteiger partial charge is 0.325 e. The molecule has 88 valence electrons. The van der Waals surface area contributed by atoms with Gasteiger partial charge in [0.05, 0.1) is 5.69 Å². The minimum Gasteiger partial charge on any atom is -0.480 e. The summed E-state index contributed by atoms with van der Waals surface area (Å²) in [5.41, 5.74) is 1.11. The van der Waals surface area contributed by atoms with E-state index < -0.39 is 17.9 Å². The topological polar surface area (TPSA) is 84.2 Å². The molecule has 2 N–H and O–H groups in total. The van der Waals surface area contributed by atoms with Gasteiger partial charge in [0, 0.05) is 6.54 Å². The molecule has 0 aliphatic carbocycles. The van der Waals surface area contributed by atoms with Gasteiger partial charge in [-0.2, -0.15) is 5.10 Å². The van der Waals surface area contributed by atoms with Gasteiger partial charge in [-0.15, -0.1) is 0 Å². The predicted molar refractivity (Wildman–Crippen MR) is 57.2 cm³/mol. The molecule has 0 saturated carbocycles. The SMILES string of the molecule is CCn1nc(C)cc1C(=O)NC(C)C(=O)O. The second-order valence-corrected chi connectivity index (χ2v) is 3.52. The molecular formula is C10H15N3O3. The van der Waals surface area contributed by atoms with Crippen LogP contribution in [0.3, 0.4) is 0 Å². The molecule has 0 aliphatic heterocycles. The number of carboxylic acids is 1. The summed E-state index contributed by atoms with van der Waals surface area (Å²) in [5, 5.41) is 15.2. The molecule has 0 saturated heterocycles. The maximum atomic E-state index is 11.7. The highest BCUT2D eigenvalue weighted by Gasteiger charge is 2.18. The van der Waals surface area contributed by atoms with Crippen molar-refractivity contribution in [1.29, 1.82) is 0 Å². The highest BCUT2D eigenvalue weighted by molar-refractivity contribution is 5.95. The quantitative estimate of drug-likeness (QED) is 0.777. The van der Waals surface area contributed by atoms with Crippen LogP contribution < -0.4 is 5.32 Å². The van der Waals surface area contributed by atoms with Gasteiger partial charge < -0.3 is 10.4 Å². The van der Waals surface area contributed by atoms with Crippen molar-refractivity contribution in [3.63, 3.8) is 0 Å². The third-order valence-corrected chi connectivity index (χ3v) is 2.15. The van der Waals surface area contributed by atoms with Gasteiger partial charge in [-0.1, -0.05) is 0 Å². The average Bonchev–Trinajstić information content (AvgIpc) is 2.59. The Balaban J connectivity index is 2.84. The summed E-state index contributed by atoms with van der Waals surface area (Å²) in [6.07, 6.45) is 0. The van der Waals surface area contributed by atoms with Crippen LogP contribution in [0.1, 0.15) is 30.0 Å². The Morgan fingerprint density at radius 3 is 2.75 bits per heavy atom. The summed E-state index contributed by atoms with van der Waals surface area (Å²) in [4.78, 5) is 22.3. The van der Waals surface area contributed by atoms with Crippen molar-refractivity contribution in [2.45, 2.75) is 33.4 Å². The van der Waals surface area contributed by atoms with E-state index in [0.29, 0.717) is 12.2 Å². The lowest BCUT2D eigenvalue weighted by Gasteiger charge is -2.09. The lowest BCUT2D eigenvalue weighted by atomic mass is 10.3. The van der Waals surface area contributed by atoms with E-state index in [4.69, 9.17) is 5.11 Å². The summed E-state index contributed by atoms with van der Waals surface area (Å²) < 4.78 is 1.54. The number of hydrogen-bond acceptors (Lipinski definition) is 3. The molecule has 1 atom stereocenters. The monoisotopic (exact) mass is 225 g/mol. The molecule has 1 amide bonds. The molecule has 1 aromatic rings. The van der Waals surface area contributed by atoms with Gasteiger partial charge in [0.15, 0.2) is 0 Å². The molecule has 0 spiro atoms.